The summed E-state index contributed by atoms with van der Waals surface area (Å²) in [6, 6.07) is 0. The van der Waals surface area contributed by atoms with Crippen LogP contribution in [0.2, 0.25) is 0 Å². The van der Waals surface area contributed by atoms with E-state index in [1.54, 1.807) is 10.9 Å². The lowest BCUT2D eigenvalue weighted by atomic mass is 10.3. The molecule has 2 aromatic rings. The molecular weight excluding hydrogens is 222 g/mol. The van der Waals surface area contributed by atoms with Gasteiger partial charge in [0, 0.05) is 37.7 Å². The van der Waals surface area contributed by atoms with E-state index in [-0.39, 0.29) is 11.5 Å². The molecule has 0 aliphatic carbocycles. The van der Waals surface area contributed by atoms with Crippen molar-refractivity contribution in [2.45, 2.75) is 6.54 Å². The van der Waals surface area contributed by atoms with Crippen LogP contribution in [0.3, 0.4) is 0 Å². The van der Waals surface area contributed by atoms with Gasteiger partial charge in [-0.3, -0.25) is 4.68 Å². The molecule has 7 nitrogen and oxygen atoms in total. The van der Waals surface area contributed by atoms with Crippen molar-refractivity contribution in [3.8, 4) is 0 Å². The predicted octanol–water partition coefficient (Wildman–Crippen LogP) is 0.520. The van der Waals surface area contributed by atoms with Gasteiger partial charge >= 0.3 is 5.97 Å². The number of hydrogen-bond acceptors (Lipinski definition) is 5. The van der Waals surface area contributed by atoms with Crippen LogP contribution in [0, 0.1) is 0 Å². The van der Waals surface area contributed by atoms with Crippen LogP contribution in [0.5, 0.6) is 0 Å². The van der Waals surface area contributed by atoms with Crippen molar-refractivity contribution in [3.05, 3.63) is 36.0 Å². The summed E-state index contributed by atoms with van der Waals surface area (Å²) in [6.07, 6.45) is 6.32. The van der Waals surface area contributed by atoms with E-state index >= 15 is 0 Å². The van der Waals surface area contributed by atoms with Crippen molar-refractivity contribution in [2.75, 3.05) is 5.32 Å². The fourth-order valence-electron chi connectivity index (χ4n) is 1.37. The summed E-state index contributed by atoms with van der Waals surface area (Å²) in [6.45, 7) is 0.451. The number of carbonyl (C=O) groups is 1. The molecule has 0 aliphatic heterocycles. The smallest absolute Gasteiger partial charge is 0.358 e. The number of nitrogens with one attached hydrogen (secondary N) is 1. The number of carboxylic acid groups (broad SMARTS) is 1. The highest BCUT2D eigenvalue weighted by Crippen LogP contribution is 2.09. The normalized spacial score (nSPS) is 10.2. The molecule has 0 atom stereocenters. The van der Waals surface area contributed by atoms with Crippen LogP contribution in [-0.4, -0.2) is 30.8 Å². The Morgan fingerprint density at radius 2 is 2.24 bits per heavy atom. The van der Waals surface area contributed by atoms with Gasteiger partial charge in [-0.2, -0.15) is 5.10 Å². The van der Waals surface area contributed by atoms with Crippen molar-refractivity contribution in [1.82, 2.24) is 19.7 Å². The maximum atomic E-state index is 10.9. The van der Waals surface area contributed by atoms with Gasteiger partial charge in [-0.05, 0) is 0 Å². The molecule has 88 valence electrons. The van der Waals surface area contributed by atoms with Crippen molar-refractivity contribution < 1.29 is 9.90 Å². The minimum absolute atomic E-state index is 0.0867. The Kier molecular flexibility index (Phi) is 2.99. The molecule has 2 aromatic heterocycles. The number of nitrogens with zero attached hydrogens (tertiary/aromatic N) is 4. The van der Waals surface area contributed by atoms with Crippen molar-refractivity contribution in [1.29, 1.82) is 0 Å². The van der Waals surface area contributed by atoms with E-state index < -0.39 is 5.97 Å². The van der Waals surface area contributed by atoms with E-state index in [4.69, 9.17) is 5.11 Å². The fraction of sp³-hybridized carbons (Fsp3) is 0.200. The maximum absolute atomic E-state index is 10.9. The SMILES string of the molecule is Cn1cc(CNc2nccnc2C(=O)O)cn1. The summed E-state index contributed by atoms with van der Waals surface area (Å²) in [5.41, 5.74) is 0.853. The third-order valence-electron chi connectivity index (χ3n) is 2.12. The van der Waals surface area contributed by atoms with Gasteiger partial charge < -0.3 is 10.4 Å². The van der Waals surface area contributed by atoms with Gasteiger partial charge in [0.2, 0.25) is 0 Å². The Labute approximate surface area is 97.1 Å². The Morgan fingerprint density at radius 3 is 2.88 bits per heavy atom. The van der Waals surface area contributed by atoms with E-state index in [2.05, 4.69) is 20.4 Å². The average molecular weight is 233 g/mol. The topological polar surface area (TPSA) is 92.9 Å². The minimum atomic E-state index is -1.10. The molecule has 0 saturated heterocycles. The quantitative estimate of drug-likeness (QED) is 0.799. The van der Waals surface area contributed by atoms with E-state index in [0.29, 0.717) is 6.54 Å². The molecular formula is C10H11N5O2. The summed E-state index contributed by atoms with van der Waals surface area (Å²) >= 11 is 0. The lowest BCUT2D eigenvalue weighted by Gasteiger charge is -2.05. The summed E-state index contributed by atoms with van der Waals surface area (Å²) in [5.74, 6) is -0.851. The molecule has 0 spiro atoms. The minimum Gasteiger partial charge on any atom is -0.476 e. The highest BCUT2D eigenvalue weighted by atomic mass is 16.4. The number of aromatic carboxylic acids is 1. The third kappa shape index (κ3) is 2.57. The van der Waals surface area contributed by atoms with Crippen LogP contribution in [0.1, 0.15) is 16.1 Å². The Balaban J connectivity index is 2.11. The Morgan fingerprint density at radius 1 is 1.47 bits per heavy atom. The molecule has 0 amide bonds. The molecule has 0 radical (unpaired) electrons. The molecule has 7 heteroatoms. The van der Waals surface area contributed by atoms with Crippen LogP contribution >= 0.6 is 0 Å². The van der Waals surface area contributed by atoms with E-state index in [1.165, 1.54) is 12.4 Å². The number of rotatable bonds is 4. The first kappa shape index (κ1) is 11.1. The van der Waals surface area contributed by atoms with Gasteiger partial charge in [-0.1, -0.05) is 0 Å². The van der Waals surface area contributed by atoms with Crippen LogP contribution < -0.4 is 5.32 Å². The zero-order chi connectivity index (χ0) is 12.3. The van der Waals surface area contributed by atoms with Crippen LogP contribution in [-0.2, 0) is 13.6 Å². The predicted molar refractivity (Wildman–Crippen MR) is 59.5 cm³/mol. The van der Waals surface area contributed by atoms with Crippen LogP contribution in [0.4, 0.5) is 5.82 Å². The molecule has 0 fully saturated rings. The van der Waals surface area contributed by atoms with Crippen molar-refractivity contribution in [3.63, 3.8) is 0 Å². The number of carboxylic acids is 1. The molecule has 2 N–H and O–H groups in total. The van der Waals surface area contributed by atoms with E-state index in [0.717, 1.165) is 5.56 Å². The monoisotopic (exact) mass is 233 g/mol. The lowest BCUT2D eigenvalue weighted by Crippen LogP contribution is -2.09. The first-order chi connectivity index (χ1) is 8.16. The van der Waals surface area contributed by atoms with Crippen LogP contribution in [0.25, 0.3) is 0 Å². The number of aryl methyl sites for hydroxylation is 1. The molecule has 0 saturated carbocycles. The fourth-order valence-corrected chi connectivity index (χ4v) is 1.37. The summed E-state index contributed by atoms with van der Waals surface area (Å²) in [5, 5.41) is 15.8. The number of aromatic nitrogens is 4. The summed E-state index contributed by atoms with van der Waals surface area (Å²) in [7, 11) is 1.81. The van der Waals surface area contributed by atoms with E-state index in [1.807, 2.05) is 13.2 Å². The summed E-state index contributed by atoms with van der Waals surface area (Å²) in [4.78, 5) is 18.6. The summed E-state index contributed by atoms with van der Waals surface area (Å²) < 4.78 is 1.67. The highest BCUT2D eigenvalue weighted by Gasteiger charge is 2.12. The van der Waals surface area contributed by atoms with Crippen LogP contribution in [0.15, 0.2) is 24.8 Å². The van der Waals surface area contributed by atoms with Gasteiger partial charge in [0.05, 0.1) is 6.20 Å². The zero-order valence-corrected chi connectivity index (χ0v) is 9.16. The Hall–Kier alpha value is -2.44. The van der Waals surface area contributed by atoms with Crippen molar-refractivity contribution >= 4 is 11.8 Å². The largest absolute Gasteiger partial charge is 0.476 e. The number of hydrogen-bond donors (Lipinski definition) is 2. The molecule has 0 bridgehead atoms. The zero-order valence-electron chi connectivity index (χ0n) is 9.16. The van der Waals surface area contributed by atoms with Gasteiger partial charge in [-0.25, -0.2) is 14.8 Å². The lowest BCUT2D eigenvalue weighted by molar-refractivity contribution is 0.0691. The third-order valence-corrected chi connectivity index (χ3v) is 2.12. The molecule has 0 unspecified atom stereocenters. The van der Waals surface area contributed by atoms with E-state index in [9.17, 15) is 4.79 Å². The van der Waals surface area contributed by atoms with Gasteiger partial charge in [-0.15, -0.1) is 0 Å². The highest BCUT2D eigenvalue weighted by molar-refractivity contribution is 5.90. The maximum Gasteiger partial charge on any atom is 0.358 e. The molecule has 2 heterocycles. The number of anilines is 1. The van der Waals surface area contributed by atoms with Gasteiger partial charge in [0.25, 0.3) is 0 Å². The second-order valence-corrected chi connectivity index (χ2v) is 3.43. The molecule has 2 rings (SSSR count). The van der Waals surface area contributed by atoms with Gasteiger partial charge in [0.15, 0.2) is 11.5 Å². The van der Waals surface area contributed by atoms with Crippen molar-refractivity contribution in [2.24, 2.45) is 7.05 Å². The average Bonchev–Trinajstić information content (AvgIpc) is 2.73. The molecule has 0 aliphatic rings. The molecule has 0 aromatic carbocycles. The second-order valence-electron chi connectivity index (χ2n) is 3.43. The first-order valence-corrected chi connectivity index (χ1v) is 4.92. The second kappa shape index (κ2) is 4.60. The Bertz CT molecular complexity index is 537. The van der Waals surface area contributed by atoms with Gasteiger partial charge in [0.1, 0.15) is 0 Å². The first-order valence-electron chi connectivity index (χ1n) is 4.92. The standard InChI is InChI=1S/C10H11N5O2/c1-15-6-7(5-14-15)4-13-9-8(10(16)17)11-2-3-12-9/h2-3,5-6H,4H2,1H3,(H,12,13)(H,16,17). The molecule has 17 heavy (non-hydrogen) atoms.